The Bertz CT molecular complexity index is 662. The van der Waals surface area contributed by atoms with Crippen molar-refractivity contribution in [2.75, 3.05) is 0 Å². The Morgan fingerprint density at radius 2 is 1.62 bits per heavy atom. The molecule has 0 saturated carbocycles. The van der Waals surface area contributed by atoms with E-state index in [0.717, 1.165) is 12.1 Å². The van der Waals surface area contributed by atoms with Gasteiger partial charge in [0.2, 0.25) is 5.92 Å². The van der Waals surface area contributed by atoms with E-state index in [-0.39, 0.29) is 5.52 Å². The van der Waals surface area contributed by atoms with Crippen LogP contribution in [0, 0.1) is 5.92 Å². The van der Waals surface area contributed by atoms with Crippen molar-refractivity contribution in [3.63, 3.8) is 0 Å². The van der Waals surface area contributed by atoms with Gasteiger partial charge in [-0.2, -0.15) is 26.3 Å². The molecule has 0 amide bonds. The second-order valence-electron chi connectivity index (χ2n) is 4.29. The second-order valence-corrected chi connectivity index (χ2v) is 4.29. The number of ketones is 1. The van der Waals surface area contributed by atoms with Gasteiger partial charge in [-0.25, -0.2) is 0 Å². The lowest BCUT2D eigenvalue weighted by Gasteiger charge is -2.21. The Kier molecular flexibility index (Phi) is 3.65. The van der Waals surface area contributed by atoms with Gasteiger partial charge in [0.05, 0.1) is 5.52 Å². The van der Waals surface area contributed by atoms with Gasteiger partial charge in [-0.15, -0.1) is 0 Å². The molecule has 1 aromatic heterocycles. The van der Waals surface area contributed by atoms with Crippen LogP contribution in [0.1, 0.15) is 10.4 Å². The quantitative estimate of drug-likeness (QED) is 0.616. The van der Waals surface area contributed by atoms with Gasteiger partial charge < -0.3 is 0 Å². The summed E-state index contributed by atoms with van der Waals surface area (Å²) in [6.07, 6.45) is -10.1. The number of nitrogens with zero attached hydrogens (tertiary/aromatic N) is 1. The predicted molar refractivity (Wildman–Crippen MR) is 61.7 cm³/mol. The number of hydrogen-bond donors (Lipinski definition) is 0. The summed E-state index contributed by atoms with van der Waals surface area (Å²) in [6, 6.07) is 6.22. The van der Waals surface area contributed by atoms with Crippen molar-refractivity contribution < 1.29 is 31.1 Å². The number of rotatable bonds is 2. The summed E-state index contributed by atoms with van der Waals surface area (Å²) in [5.74, 6) is -6.08. The molecule has 0 fully saturated rings. The van der Waals surface area contributed by atoms with Gasteiger partial charge in [-0.3, -0.25) is 9.78 Å². The molecule has 0 saturated heterocycles. The molecule has 2 aromatic rings. The van der Waals surface area contributed by atoms with Crippen LogP contribution in [0.2, 0.25) is 0 Å². The van der Waals surface area contributed by atoms with Crippen LogP contribution >= 0.6 is 0 Å². The molecule has 2 nitrogen and oxygen atoms in total. The van der Waals surface area contributed by atoms with Crippen molar-refractivity contribution in [1.82, 2.24) is 4.98 Å². The minimum atomic E-state index is -5.70. The number of hydrogen-bond acceptors (Lipinski definition) is 2. The number of pyridine rings is 1. The van der Waals surface area contributed by atoms with Crippen molar-refractivity contribution in [2.24, 2.45) is 5.92 Å². The average molecular weight is 307 g/mol. The van der Waals surface area contributed by atoms with Crippen LogP contribution in [0.5, 0.6) is 0 Å². The fourth-order valence-electron chi connectivity index (χ4n) is 1.87. The first-order valence-electron chi connectivity index (χ1n) is 5.63. The van der Waals surface area contributed by atoms with E-state index in [2.05, 4.69) is 4.98 Å². The van der Waals surface area contributed by atoms with Crippen LogP contribution in [0.15, 0.2) is 36.5 Å². The molecule has 0 unspecified atom stereocenters. The Morgan fingerprint density at radius 1 is 1.00 bits per heavy atom. The lowest BCUT2D eigenvalue weighted by Crippen LogP contribution is -2.42. The van der Waals surface area contributed by atoms with Gasteiger partial charge in [0.1, 0.15) is 0 Å². The van der Waals surface area contributed by atoms with Crippen molar-refractivity contribution in [3.05, 3.63) is 42.1 Å². The number of halogens is 6. The number of Topliss-reactive ketones (excluding diaryl/α,β-unsaturated/α-hetero) is 1. The Morgan fingerprint density at radius 3 is 2.19 bits per heavy atom. The lowest BCUT2D eigenvalue weighted by molar-refractivity contribution is -0.264. The minimum Gasteiger partial charge on any atom is -0.293 e. The van der Waals surface area contributed by atoms with E-state index in [1.54, 1.807) is 12.1 Å². The van der Waals surface area contributed by atoms with Crippen LogP contribution in [0.4, 0.5) is 26.3 Å². The molecular formula is C13H7F6NO. The molecule has 1 heterocycles. The number of carbonyl (C=O) groups is 1. The summed E-state index contributed by atoms with van der Waals surface area (Å²) in [5, 5.41) is 0.504. The van der Waals surface area contributed by atoms with Gasteiger partial charge in [0.15, 0.2) is 5.78 Å². The summed E-state index contributed by atoms with van der Waals surface area (Å²) in [5.41, 5.74) is -0.535. The van der Waals surface area contributed by atoms with E-state index in [1.807, 2.05) is 0 Å². The summed E-state index contributed by atoms with van der Waals surface area (Å²) in [4.78, 5) is 15.4. The highest BCUT2D eigenvalue weighted by molar-refractivity contribution is 6.01. The maximum atomic E-state index is 12.5. The summed E-state index contributed by atoms with van der Waals surface area (Å²) < 4.78 is 75.1. The normalized spacial score (nSPS) is 12.9. The lowest BCUT2D eigenvalue weighted by atomic mass is 9.95. The number of benzene rings is 1. The number of carbonyl (C=O) groups excluding carboxylic acids is 1. The molecule has 2 rings (SSSR count). The van der Waals surface area contributed by atoms with Crippen LogP contribution in [-0.2, 0) is 0 Å². The topological polar surface area (TPSA) is 30.0 Å². The van der Waals surface area contributed by atoms with E-state index < -0.39 is 29.6 Å². The van der Waals surface area contributed by atoms with E-state index in [9.17, 15) is 31.1 Å². The largest absolute Gasteiger partial charge is 0.407 e. The molecule has 0 N–H and O–H groups in total. The molecule has 0 aliphatic carbocycles. The Balaban J connectivity index is 2.49. The van der Waals surface area contributed by atoms with Crippen LogP contribution in [-0.4, -0.2) is 23.1 Å². The maximum Gasteiger partial charge on any atom is 0.407 e. The van der Waals surface area contributed by atoms with E-state index >= 15 is 0 Å². The third-order valence-electron chi connectivity index (χ3n) is 2.81. The van der Waals surface area contributed by atoms with Gasteiger partial charge in [0.25, 0.3) is 0 Å². The Labute approximate surface area is 114 Å². The van der Waals surface area contributed by atoms with Crippen LogP contribution in [0.3, 0.4) is 0 Å². The molecule has 1 aromatic carbocycles. The van der Waals surface area contributed by atoms with Crippen molar-refractivity contribution >= 4 is 16.7 Å². The van der Waals surface area contributed by atoms with E-state index in [4.69, 9.17) is 0 Å². The first kappa shape index (κ1) is 15.3. The van der Waals surface area contributed by atoms with Crippen molar-refractivity contribution in [1.29, 1.82) is 0 Å². The molecule has 0 aliphatic rings. The smallest absolute Gasteiger partial charge is 0.293 e. The molecule has 8 heteroatoms. The maximum absolute atomic E-state index is 12.5. The highest BCUT2D eigenvalue weighted by atomic mass is 19.4. The average Bonchev–Trinajstić information content (AvgIpc) is 2.34. The standard InChI is InChI=1S/C13H7F6NO/c14-12(15,16)11(13(17,18)19)10(21)8-4-3-7-2-1-5-20-9(7)6-8/h1-6,11H. The third kappa shape index (κ3) is 3.14. The first-order chi connectivity index (χ1) is 9.60. The van der Waals surface area contributed by atoms with Gasteiger partial charge in [-0.05, 0) is 12.1 Å². The third-order valence-corrected chi connectivity index (χ3v) is 2.81. The van der Waals surface area contributed by atoms with Gasteiger partial charge in [-0.1, -0.05) is 18.2 Å². The summed E-state index contributed by atoms with van der Waals surface area (Å²) in [6.45, 7) is 0. The molecule has 0 spiro atoms. The zero-order valence-corrected chi connectivity index (χ0v) is 10.2. The van der Waals surface area contributed by atoms with Gasteiger partial charge >= 0.3 is 12.4 Å². The predicted octanol–water partition coefficient (Wildman–Crippen LogP) is 4.16. The number of aromatic nitrogens is 1. The van der Waals surface area contributed by atoms with E-state index in [1.165, 1.54) is 12.3 Å². The van der Waals surface area contributed by atoms with Crippen LogP contribution in [0.25, 0.3) is 10.9 Å². The number of fused-ring (bicyclic) bond motifs is 1. The zero-order chi connectivity index (χ0) is 15.8. The fraction of sp³-hybridized carbons (Fsp3) is 0.231. The number of alkyl halides is 6. The summed E-state index contributed by atoms with van der Waals surface area (Å²) >= 11 is 0. The molecule has 0 atom stereocenters. The van der Waals surface area contributed by atoms with Crippen LogP contribution < -0.4 is 0 Å². The fourth-order valence-corrected chi connectivity index (χ4v) is 1.87. The minimum absolute atomic E-state index is 0.145. The zero-order valence-electron chi connectivity index (χ0n) is 10.2. The highest BCUT2D eigenvalue weighted by Gasteiger charge is 2.60. The van der Waals surface area contributed by atoms with Crippen molar-refractivity contribution in [3.8, 4) is 0 Å². The molecule has 0 aliphatic heterocycles. The van der Waals surface area contributed by atoms with Gasteiger partial charge in [0, 0.05) is 17.1 Å². The van der Waals surface area contributed by atoms with E-state index in [0.29, 0.717) is 5.39 Å². The Hall–Kier alpha value is -2.12. The second kappa shape index (κ2) is 5.01. The molecular weight excluding hydrogens is 300 g/mol. The first-order valence-corrected chi connectivity index (χ1v) is 5.63. The summed E-state index contributed by atoms with van der Waals surface area (Å²) in [7, 11) is 0. The molecule has 0 bridgehead atoms. The van der Waals surface area contributed by atoms with Crippen molar-refractivity contribution in [2.45, 2.75) is 12.4 Å². The molecule has 112 valence electrons. The monoisotopic (exact) mass is 307 g/mol. The molecule has 21 heavy (non-hydrogen) atoms. The molecule has 0 radical (unpaired) electrons. The SMILES string of the molecule is O=C(c1ccc2cccnc2c1)C(C(F)(F)F)C(F)(F)F. The highest BCUT2D eigenvalue weighted by Crippen LogP contribution is 2.41.